The van der Waals surface area contributed by atoms with Gasteiger partial charge in [0.15, 0.2) is 6.39 Å². The molecule has 2 aromatic heterocycles. The predicted octanol–water partition coefficient (Wildman–Crippen LogP) is 0.846. The normalized spacial score (nSPS) is 18.6. The maximum absolute atomic E-state index is 12.2. The van der Waals surface area contributed by atoms with Crippen LogP contribution in [0.2, 0.25) is 0 Å². The number of aromatic nitrogens is 3. The number of nitrogens with zero attached hydrogens (tertiary/aromatic N) is 5. The Morgan fingerprint density at radius 3 is 2.68 bits per heavy atom. The van der Waals surface area contributed by atoms with Crippen LogP contribution < -0.4 is 5.56 Å². The van der Waals surface area contributed by atoms with Crippen LogP contribution in [0.4, 0.5) is 0 Å². The molecule has 7 heteroatoms. The van der Waals surface area contributed by atoms with Gasteiger partial charge in [-0.3, -0.25) is 14.6 Å². The highest BCUT2D eigenvalue weighted by Crippen LogP contribution is 2.17. The Balaban J connectivity index is 1.28. The van der Waals surface area contributed by atoms with E-state index in [1.807, 2.05) is 6.92 Å². The Bertz CT molecular complexity index is 789. The van der Waals surface area contributed by atoms with Crippen molar-refractivity contribution in [3.05, 3.63) is 45.5 Å². The van der Waals surface area contributed by atoms with Crippen molar-refractivity contribution in [2.75, 3.05) is 32.7 Å². The standard InChI is InChI=1S/C18H25N5O2/c1-14-17(19-13-25-14)12-22-7-5-21(6-8-22)9-10-23-18(24)11-15-3-2-4-16(15)20-23/h11,13H,2-10,12H2,1H3. The Morgan fingerprint density at radius 2 is 1.92 bits per heavy atom. The second-order valence-electron chi connectivity index (χ2n) is 7.00. The van der Waals surface area contributed by atoms with Crippen molar-refractivity contribution in [3.8, 4) is 0 Å². The van der Waals surface area contributed by atoms with Gasteiger partial charge in [-0.05, 0) is 31.7 Å². The molecule has 0 aromatic carbocycles. The van der Waals surface area contributed by atoms with Crippen molar-refractivity contribution < 1.29 is 4.42 Å². The summed E-state index contributed by atoms with van der Waals surface area (Å²) in [6.07, 6.45) is 4.65. The Hall–Kier alpha value is -1.99. The summed E-state index contributed by atoms with van der Waals surface area (Å²) in [4.78, 5) is 21.3. The van der Waals surface area contributed by atoms with Crippen LogP contribution in [0.5, 0.6) is 0 Å². The smallest absolute Gasteiger partial charge is 0.267 e. The van der Waals surface area contributed by atoms with E-state index in [1.165, 1.54) is 6.39 Å². The number of piperazine rings is 1. The van der Waals surface area contributed by atoms with Gasteiger partial charge in [0, 0.05) is 45.3 Å². The molecule has 0 unspecified atom stereocenters. The van der Waals surface area contributed by atoms with Gasteiger partial charge in [0.2, 0.25) is 0 Å². The second-order valence-corrected chi connectivity index (χ2v) is 7.00. The third-order valence-corrected chi connectivity index (χ3v) is 5.33. The van der Waals surface area contributed by atoms with Gasteiger partial charge < -0.3 is 4.42 Å². The van der Waals surface area contributed by atoms with Crippen LogP contribution in [0.25, 0.3) is 0 Å². The van der Waals surface area contributed by atoms with Crippen LogP contribution in [0, 0.1) is 6.92 Å². The van der Waals surface area contributed by atoms with E-state index >= 15 is 0 Å². The average Bonchev–Trinajstić information content (AvgIpc) is 3.23. The van der Waals surface area contributed by atoms with E-state index in [9.17, 15) is 4.79 Å². The van der Waals surface area contributed by atoms with E-state index in [0.717, 1.165) is 81.2 Å². The fourth-order valence-corrected chi connectivity index (χ4v) is 3.70. The topological polar surface area (TPSA) is 67.4 Å². The summed E-state index contributed by atoms with van der Waals surface area (Å²) in [7, 11) is 0. The first-order chi connectivity index (χ1) is 12.2. The Morgan fingerprint density at radius 1 is 1.12 bits per heavy atom. The number of hydrogen-bond acceptors (Lipinski definition) is 6. The molecular weight excluding hydrogens is 318 g/mol. The number of rotatable bonds is 5. The first-order valence-electron chi connectivity index (χ1n) is 9.12. The Kier molecular flexibility index (Phi) is 4.67. The van der Waals surface area contributed by atoms with Gasteiger partial charge in [0.25, 0.3) is 5.56 Å². The van der Waals surface area contributed by atoms with Gasteiger partial charge in [0.05, 0.1) is 17.9 Å². The minimum atomic E-state index is 0.0424. The van der Waals surface area contributed by atoms with Crippen molar-refractivity contribution >= 4 is 0 Å². The fourth-order valence-electron chi connectivity index (χ4n) is 3.70. The molecule has 0 bridgehead atoms. The molecule has 0 N–H and O–H groups in total. The van der Waals surface area contributed by atoms with E-state index in [-0.39, 0.29) is 5.56 Å². The van der Waals surface area contributed by atoms with Gasteiger partial charge in [-0.15, -0.1) is 0 Å². The van der Waals surface area contributed by atoms with E-state index in [1.54, 1.807) is 10.7 Å². The van der Waals surface area contributed by atoms with Crippen LogP contribution in [-0.4, -0.2) is 57.3 Å². The number of fused-ring (bicyclic) bond motifs is 1. The summed E-state index contributed by atoms with van der Waals surface area (Å²) in [5, 5.41) is 4.56. The van der Waals surface area contributed by atoms with Crippen molar-refractivity contribution in [1.29, 1.82) is 0 Å². The van der Waals surface area contributed by atoms with Crippen molar-refractivity contribution in [3.63, 3.8) is 0 Å². The minimum Gasteiger partial charge on any atom is -0.448 e. The summed E-state index contributed by atoms with van der Waals surface area (Å²) >= 11 is 0. The van der Waals surface area contributed by atoms with E-state index in [0.29, 0.717) is 6.54 Å². The molecule has 4 rings (SSSR count). The molecule has 0 radical (unpaired) electrons. The second kappa shape index (κ2) is 7.09. The summed E-state index contributed by atoms with van der Waals surface area (Å²) in [6.45, 7) is 8.41. The van der Waals surface area contributed by atoms with Gasteiger partial charge in [-0.2, -0.15) is 5.10 Å². The highest BCUT2D eigenvalue weighted by atomic mass is 16.3. The summed E-state index contributed by atoms with van der Waals surface area (Å²) in [5.74, 6) is 0.907. The lowest BCUT2D eigenvalue weighted by atomic mass is 10.2. The first-order valence-corrected chi connectivity index (χ1v) is 9.12. The zero-order valence-electron chi connectivity index (χ0n) is 14.8. The maximum Gasteiger partial charge on any atom is 0.267 e. The quantitative estimate of drug-likeness (QED) is 0.802. The van der Waals surface area contributed by atoms with Crippen molar-refractivity contribution in [1.82, 2.24) is 24.6 Å². The molecule has 1 aliphatic heterocycles. The first kappa shape index (κ1) is 16.5. The van der Waals surface area contributed by atoms with Crippen LogP contribution in [0.1, 0.15) is 29.1 Å². The third kappa shape index (κ3) is 3.67. The van der Waals surface area contributed by atoms with E-state index < -0.39 is 0 Å². The predicted molar refractivity (Wildman–Crippen MR) is 93.5 cm³/mol. The molecule has 2 aliphatic rings. The fraction of sp³-hybridized carbons (Fsp3) is 0.611. The molecule has 0 atom stereocenters. The largest absolute Gasteiger partial charge is 0.448 e. The van der Waals surface area contributed by atoms with Crippen molar-refractivity contribution in [2.45, 2.75) is 39.3 Å². The highest BCUT2D eigenvalue weighted by Gasteiger charge is 2.19. The van der Waals surface area contributed by atoms with Crippen LogP contribution in [-0.2, 0) is 25.9 Å². The zero-order chi connectivity index (χ0) is 17.2. The van der Waals surface area contributed by atoms with Gasteiger partial charge in [0.1, 0.15) is 5.76 Å². The molecule has 1 saturated heterocycles. The molecule has 7 nitrogen and oxygen atoms in total. The number of oxazole rings is 1. The third-order valence-electron chi connectivity index (χ3n) is 5.33. The lowest BCUT2D eigenvalue weighted by Crippen LogP contribution is -2.47. The molecule has 1 aliphatic carbocycles. The molecule has 0 saturated carbocycles. The van der Waals surface area contributed by atoms with Gasteiger partial charge in [-0.25, -0.2) is 9.67 Å². The van der Waals surface area contributed by atoms with Crippen LogP contribution >= 0.6 is 0 Å². The molecule has 0 amide bonds. The van der Waals surface area contributed by atoms with Gasteiger partial charge in [-0.1, -0.05) is 0 Å². The molecule has 0 spiro atoms. The monoisotopic (exact) mass is 343 g/mol. The molecular formula is C18H25N5O2. The SMILES string of the molecule is Cc1ocnc1CN1CCN(CCn2nc3c(cc2=O)CCC3)CC1. The van der Waals surface area contributed by atoms with E-state index in [4.69, 9.17) is 4.42 Å². The molecule has 25 heavy (non-hydrogen) atoms. The average molecular weight is 343 g/mol. The number of hydrogen-bond donors (Lipinski definition) is 0. The highest BCUT2D eigenvalue weighted by molar-refractivity contribution is 5.22. The molecule has 1 fully saturated rings. The van der Waals surface area contributed by atoms with E-state index in [2.05, 4.69) is 19.9 Å². The van der Waals surface area contributed by atoms with Crippen LogP contribution in [0.15, 0.2) is 21.7 Å². The Labute approximate surface area is 147 Å². The molecule has 134 valence electrons. The minimum absolute atomic E-state index is 0.0424. The lowest BCUT2D eigenvalue weighted by Gasteiger charge is -2.34. The summed E-state index contributed by atoms with van der Waals surface area (Å²) in [6, 6.07) is 1.79. The lowest BCUT2D eigenvalue weighted by molar-refractivity contribution is 0.121. The van der Waals surface area contributed by atoms with Crippen LogP contribution in [0.3, 0.4) is 0 Å². The molecule has 3 heterocycles. The maximum atomic E-state index is 12.2. The van der Waals surface area contributed by atoms with Gasteiger partial charge >= 0.3 is 0 Å². The zero-order valence-corrected chi connectivity index (χ0v) is 14.8. The number of aryl methyl sites for hydroxylation is 3. The molecule has 2 aromatic rings. The summed E-state index contributed by atoms with van der Waals surface area (Å²) in [5.41, 5.74) is 3.34. The summed E-state index contributed by atoms with van der Waals surface area (Å²) < 4.78 is 6.92. The van der Waals surface area contributed by atoms with Crippen molar-refractivity contribution in [2.24, 2.45) is 0 Å².